The van der Waals surface area contributed by atoms with Crippen LogP contribution in [0.25, 0.3) is 0 Å². The van der Waals surface area contributed by atoms with Gasteiger partial charge < -0.3 is 4.74 Å². The Morgan fingerprint density at radius 3 is 2.38 bits per heavy atom. The summed E-state index contributed by atoms with van der Waals surface area (Å²) < 4.78 is 5.35. The van der Waals surface area contributed by atoms with Crippen LogP contribution in [0.15, 0.2) is 40.4 Å². The van der Waals surface area contributed by atoms with Gasteiger partial charge >= 0.3 is 0 Å². The Kier molecular flexibility index (Phi) is 4.13. The first-order valence-corrected chi connectivity index (χ1v) is 4.64. The Morgan fingerprint density at radius 2 is 1.85 bits per heavy atom. The fourth-order valence-electron chi connectivity index (χ4n) is 0.763. The van der Waals surface area contributed by atoms with E-state index in [-0.39, 0.29) is 0 Å². The highest BCUT2D eigenvalue weighted by Gasteiger charge is 1.97. The van der Waals surface area contributed by atoms with Crippen molar-refractivity contribution in [2.75, 3.05) is 6.61 Å². The SMILES string of the molecule is CC(Cl)=C(Cl)COc1ccccc1. The molecule has 0 atom stereocenters. The van der Waals surface area contributed by atoms with Gasteiger partial charge in [-0.25, -0.2) is 0 Å². The zero-order valence-corrected chi connectivity index (χ0v) is 8.77. The minimum atomic E-state index is 0.320. The fraction of sp³-hybridized carbons (Fsp3) is 0.200. The smallest absolute Gasteiger partial charge is 0.125 e. The summed E-state index contributed by atoms with van der Waals surface area (Å²) >= 11 is 11.5. The van der Waals surface area contributed by atoms with Crippen molar-refractivity contribution in [3.63, 3.8) is 0 Å². The summed E-state index contributed by atoms with van der Waals surface area (Å²) in [5.41, 5.74) is 0. The van der Waals surface area contributed by atoms with Crippen molar-refractivity contribution in [1.29, 1.82) is 0 Å². The van der Waals surface area contributed by atoms with E-state index in [9.17, 15) is 0 Å². The molecule has 0 amide bonds. The highest BCUT2D eigenvalue weighted by atomic mass is 35.5. The van der Waals surface area contributed by atoms with Crippen LogP contribution in [0.1, 0.15) is 6.92 Å². The lowest BCUT2D eigenvalue weighted by atomic mass is 10.3. The molecule has 1 aromatic carbocycles. The highest BCUT2D eigenvalue weighted by Crippen LogP contribution is 2.15. The molecule has 0 unspecified atom stereocenters. The van der Waals surface area contributed by atoms with Crippen molar-refractivity contribution in [3.8, 4) is 5.75 Å². The Bertz CT molecular complexity index is 289. The third kappa shape index (κ3) is 3.71. The van der Waals surface area contributed by atoms with E-state index in [2.05, 4.69) is 0 Å². The van der Waals surface area contributed by atoms with Crippen molar-refractivity contribution in [2.24, 2.45) is 0 Å². The van der Waals surface area contributed by atoms with Crippen molar-refractivity contribution >= 4 is 23.2 Å². The summed E-state index contributed by atoms with van der Waals surface area (Å²) in [6, 6.07) is 9.47. The molecule has 0 aliphatic rings. The summed E-state index contributed by atoms with van der Waals surface area (Å²) in [5.74, 6) is 0.790. The molecule has 0 aromatic heterocycles. The number of allylic oxidation sites excluding steroid dienone is 1. The van der Waals surface area contributed by atoms with Gasteiger partial charge in [0, 0.05) is 5.03 Å². The van der Waals surface area contributed by atoms with Crippen LogP contribution >= 0.6 is 23.2 Å². The molecule has 13 heavy (non-hydrogen) atoms. The van der Waals surface area contributed by atoms with E-state index < -0.39 is 0 Å². The van der Waals surface area contributed by atoms with E-state index in [1.54, 1.807) is 6.92 Å². The lowest BCUT2D eigenvalue weighted by Gasteiger charge is -2.04. The molecule has 1 rings (SSSR count). The van der Waals surface area contributed by atoms with Crippen LogP contribution in [-0.4, -0.2) is 6.61 Å². The first-order chi connectivity index (χ1) is 6.20. The third-order valence-corrected chi connectivity index (χ3v) is 2.20. The van der Waals surface area contributed by atoms with E-state index in [1.165, 1.54) is 0 Å². The first-order valence-electron chi connectivity index (χ1n) is 3.89. The molecule has 0 bridgehead atoms. The summed E-state index contributed by atoms with van der Waals surface area (Å²) in [5, 5.41) is 1.10. The molecule has 0 radical (unpaired) electrons. The van der Waals surface area contributed by atoms with Crippen LogP contribution in [0.3, 0.4) is 0 Å². The van der Waals surface area contributed by atoms with Crippen LogP contribution in [0.5, 0.6) is 5.75 Å². The quantitative estimate of drug-likeness (QED) is 0.748. The molecule has 0 saturated heterocycles. The lowest BCUT2D eigenvalue weighted by Crippen LogP contribution is -1.97. The summed E-state index contributed by atoms with van der Waals surface area (Å²) in [6.07, 6.45) is 0. The molecule has 0 fully saturated rings. The van der Waals surface area contributed by atoms with Crippen molar-refractivity contribution in [1.82, 2.24) is 0 Å². The number of halogens is 2. The van der Waals surface area contributed by atoms with Gasteiger partial charge in [0.25, 0.3) is 0 Å². The van der Waals surface area contributed by atoms with Gasteiger partial charge in [-0.1, -0.05) is 41.4 Å². The summed E-state index contributed by atoms with van der Waals surface area (Å²) in [4.78, 5) is 0. The van der Waals surface area contributed by atoms with Gasteiger partial charge in [-0.15, -0.1) is 0 Å². The van der Waals surface area contributed by atoms with Gasteiger partial charge in [-0.05, 0) is 19.1 Å². The van der Waals surface area contributed by atoms with Gasteiger partial charge in [0.15, 0.2) is 0 Å². The molecule has 70 valence electrons. The van der Waals surface area contributed by atoms with Gasteiger partial charge in [-0.2, -0.15) is 0 Å². The van der Waals surface area contributed by atoms with Gasteiger partial charge in [0.2, 0.25) is 0 Å². The molecule has 0 N–H and O–H groups in total. The number of benzene rings is 1. The van der Waals surface area contributed by atoms with Crippen LogP contribution < -0.4 is 4.74 Å². The second-order valence-corrected chi connectivity index (χ2v) is 3.56. The van der Waals surface area contributed by atoms with Gasteiger partial charge in [0.05, 0.1) is 5.03 Å². The maximum Gasteiger partial charge on any atom is 0.125 e. The molecular weight excluding hydrogens is 207 g/mol. The van der Waals surface area contributed by atoms with E-state index in [0.29, 0.717) is 16.7 Å². The predicted molar refractivity (Wildman–Crippen MR) is 56.3 cm³/mol. The van der Waals surface area contributed by atoms with Crippen molar-refractivity contribution in [2.45, 2.75) is 6.92 Å². The number of hydrogen-bond donors (Lipinski definition) is 0. The lowest BCUT2D eigenvalue weighted by molar-refractivity contribution is 0.358. The zero-order chi connectivity index (χ0) is 9.68. The minimum Gasteiger partial charge on any atom is -0.488 e. The molecular formula is C10H10Cl2O. The van der Waals surface area contributed by atoms with Crippen LogP contribution in [0, 0.1) is 0 Å². The Balaban J connectivity index is 2.49. The second-order valence-electron chi connectivity index (χ2n) is 2.54. The Labute approximate surface area is 87.9 Å². The molecule has 3 heteroatoms. The summed E-state index contributed by atoms with van der Waals surface area (Å²) in [7, 11) is 0. The average Bonchev–Trinajstić information content (AvgIpc) is 2.15. The fourth-order valence-corrected chi connectivity index (χ4v) is 0.872. The van der Waals surface area contributed by atoms with Gasteiger partial charge in [0.1, 0.15) is 12.4 Å². The maximum atomic E-state index is 5.79. The molecule has 1 nitrogen and oxygen atoms in total. The van der Waals surface area contributed by atoms with E-state index in [4.69, 9.17) is 27.9 Å². The van der Waals surface area contributed by atoms with Crippen molar-refractivity contribution < 1.29 is 4.74 Å². The van der Waals surface area contributed by atoms with Crippen LogP contribution in [0.2, 0.25) is 0 Å². The number of rotatable bonds is 3. The maximum absolute atomic E-state index is 5.79. The van der Waals surface area contributed by atoms with Crippen LogP contribution in [0.4, 0.5) is 0 Å². The Hall–Kier alpha value is -0.660. The second kappa shape index (κ2) is 5.15. The topological polar surface area (TPSA) is 9.23 Å². The monoisotopic (exact) mass is 216 g/mol. The van der Waals surface area contributed by atoms with E-state index in [0.717, 1.165) is 5.75 Å². The molecule has 0 spiro atoms. The minimum absolute atomic E-state index is 0.320. The number of hydrogen-bond acceptors (Lipinski definition) is 1. The average molecular weight is 217 g/mol. The molecule has 0 aliphatic carbocycles. The molecule has 0 saturated carbocycles. The molecule has 0 heterocycles. The van der Waals surface area contributed by atoms with Gasteiger partial charge in [-0.3, -0.25) is 0 Å². The standard InChI is InChI=1S/C10H10Cl2O/c1-8(11)10(12)7-13-9-5-3-2-4-6-9/h2-6H,7H2,1H3. The van der Waals surface area contributed by atoms with Crippen LogP contribution in [-0.2, 0) is 0 Å². The number of ether oxygens (including phenoxy) is 1. The zero-order valence-electron chi connectivity index (χ0n) is 7.26. The van der Waals surface area contributed by atoms with Crippen molar-refractivity contribution in [3.05, 3.63) is 40.4 Å². The summed E-state index contributed by atoms with van der Waals surface area (Å²) in [6.45, 7) is 2.05. The largest absolute Gasteiger partial charge is 0.488 e. The molecule has 0 aliphatic heterocycles. The Morgan fingerprint density at radius 1 is 1.23 bits per heavy atom. The predicted octanol–water partition coefficient (Wildman–Crippen LogP) is 3.77. The van der Waals surface area contributed by atoms with E-state index in [1.807, 2.05) is 30.3 Å². The first kappa shape index (κ1) is 10.4. The highest BCUT2D eigenvalue weighted by molar-refractivity contribution is 6.39. The van der Waals surface area contributed by atoms with E-state index >= 15 is 0 Å². The molecule has 1 aromatic rings. The third-order valence-electron chi connectivity index (χ3n) is 1.48. The number of para-hydroxylation sites is 1. The normalized spacial score (nSPS) is 12.2.